The Hall–Kier alpha value is -2.33. The summed E-state index contributed by atoms with van der Waals surface area (Å²) in [6, 6.07) is 6.99. The third-order valence-electron chi connectivity index (χ3n) is 5.62. The molecule has 43 heavy (non-hydrogen) atoms. The Balaban J connectivity index is 3.44. The number of nitrogens with one attached hydrogen (secondary N) is 1. The lowest BCUT2D eigenvalue weighted by molar-refractivity contribution is -0.474. The molecule has 0 heterocycles. The summed E-state index contributed by atoms with van der Waals surface area (Å²) < 4.78 is 281. The second kappa shape index (κ2) is 11.2. The molecule has 1 unspecified atom stereocenters. The maximum atomic E-state index is 13.9. The SMILES string of the molecule is OC(CNCc1ccccc1)CC(F)(F)C(F)(F)C(F)(F)C(F)(F)C(F)(F)C(F)(F)C(F)(F)C(F)(F)C(F)(F)C(F)(F)F. The molecule has 0 aromatic heterocycles. The quantitative estimate of drug-likeness (QED) is 0.196. The van der Waals surface area contributed by atoms with Crippen molar-refractivity contribution >= 4 is 0 Å². The summed E-state index contributed by atoms with van der Waals surface area (Å²) in [7, 11) is 0. The number of alkyl halides is 21. The Bertz CT molecular complexity index is 1080. The normalized spacial score (nSPS) is 16.4. The molecule has 0 amide bonds. The van der Waals surface area contributed by atoms with E-state index in [1.165, 1.54) is 30.3 Å². The highest BCUT2D eigenvalue weighted by Crippen LogP contribution is 2.66. The third-order valence-corrected chi connectivity index (χ3v) is 5.62. The predicted octanol–water partition coefficient (Wildman–Crippen LogP) is 7.81. The van der Waals surface area contributed by atoms with Gasteiger partial charge < -0.3 is 10.4 Å². The Morgan fingerprint density at radius 2 is 0.814 bits per heavy atom. The van der Waals surface area contributed by atoms with E-state index in [-0.39, 0.29) is 6.54 Å². The van der Waals surface area contributed by atoms with Crippen molar-refractivity contribution in [2.45, 2.75) is 78.5 Å². The lowest BCUT2D eigenvalue weighted by atomic mass is 9.85. The van der Waals surface area contributed by atoms with Crippen molar-refractivity contribution in [3.8, 4) is 0 Å². The molecule has 23 heteroatoms. The minimum atomic E-state index is -9.21. The predicted molar refractivity (Wildman–Crippen MR) is 99.4 cm³/mol. The summed E-state index contributed by atoms with van der Waals surface area (Å²) in [5.74, 6) is -77.5. The third kappa shape index (κ3) is 5.90. The first-order valence-electron chi connectivity index (χ1n) is 10.6. The van der Waals surface area contributed by atoms with Gasteiger partial charge in [0.05, 0.1) is 6.10 Å². The highest BCUT2D eigenvalue weighted by molar-refractivity contribution is 5.18. The fourth-order valence-corrected chi connectivity index (χ4v) is 3.07. The molecule has 2 nitrogen and oxygen atoms in total. The van der Waals surface area contributed by atoms with Gasteiger partial charge in [0.1, 0.15) is 0 Å². The summed E-state index contributed by atoms with van der Waals surface area (Å²) in [5.41, 5.74) is 0.316. The van der Waals surface area contributed by atoms with E-state index < -0.39 is 78.5 Å². The number of rotatable bonds is 14. The Morgan fingerprint density at radius 3 is 1.16 bits per heavy atom. The second-order valence-corrected chi connectivity index (χ2v) is 8.77. The summed E-state index contributed by atoms with van der Waals surface area (Å²) in [5, 5.41) is 11.5. The summed E-state index contributed by atoms with van der Waals surface area (Å²) in [6.45, 7) is -1.62. The molecule has 1 atom stereocenters. The van der Waals surface area contributed by atoms with Gasteiger partial charge in [0.2, 0.25) is 0 Å². The lowest BCUT2D eigenvalue weighted by Crippen LogP contribution is -2.76. The van der Waals surface area contributed by atoms with Gasteiger partial charge in [-0.3, -0.25) is 0 Å². The molecule has 2 N–H and O–H groups in total. The molecule has 0 aliphatic rings. The van der Waals surface area contributed by atoms with Gasteiger partial charge in [-0.25, -0.2) is 0 Å². The Labute approximate surface area is 224 Å². The smallest absolute Gasteiger partial charge is 0.392 e. The van der Waals surface area contributed by atoms with Gasteiger partial charge in [-0.1, -0.05) is 30.3 Å². The number of aliphatic hydroxyl groups excluding tert-OH is 1. The van der Waals surface area contributed by atoms with E-state index in [0.29, 0.717) is 5.56 Å². The molecule has 0 radical (unpaired) electrons. The van der Waals surface area contributed by atoms with Crippen LogP contribution in [-0.4, -0.2) is 77.2 Å². The first-order chi connectivity index (χ1) is 18.7. The van der Waals surface area contributed by atoms with Crippen molar-refractivity contribution in [3.05, 3.63) is 35.9 Å². The maximum absolute atomic E-state index is 13.9. The molecule has 1 aromatic rings. The van der Waals surface area contributed by atoms with Crippen LogP contribution in [0.4, 0.5) is 92.2 Å². The second-order valence-electron chi connectivity index (χ2n) is 8.77. The zero-order valence-electron chi connectivity index (χ0n) is 20.0. The van der Waals surface area contributed by atoms with Crippen LogP contribution in [0, 0.1) is 0 Å². The van der Waals surface area contributed by atoms with Gasteiger partial charge >= 0.3 is 59.5 Å². The highest BCUT2D eigenvalue weighted by Gasteiger charge is 2.97. The van der Waals surface area contributed by atoms with Crippen LogP contribution in [0.3, 0.4) is 0 Å². The average molecular weight is 683 g/mol. The van der Waals surface area contributed by atoms with E-state index in [0.717, 1.165) is 0 Å². The van der Waals surface area contributed by atoms with E-state index in [2.05, 4.69) is 5.32 Å². The van der Waals surface area contributed by atoms with Crippen molar-refractivity contribution in [1.82, 2.24) is 5.32 Å². The minimum Gasteiger partial charge on any atom is -0.392 e. The first kappa shape index (κ1) is 38.7. The molecular formula is C20H14F21NO. The van der Waals surface area contributed by atoms with Crippen LogP contribution < -0.4 is 5.32 Å². The molecule has 0 spiro atoms. The van der Waals surface area contributed by atoms with Crippen LogP contribution in [0.2, 0.25) is 0 Å². The largest absolute Gasteiger partial charge is 0.460 e. The van der Waals surface area contributed by atoms with Crippen LogP contribution in [0.5, 0.6) is 0 Å². The number of benzene rings is 1. The van der Waals surface area contributed by atoms with Gasteiger partial charge in [-0.2, -0.15) is 92.2 Å². The van der Waals surface area contributed by atoms with Gasteiger partial charge in [-0.15, -0.1) is 0 Å². The van der Waals surface area contributed by atoms with E-state index in [9.17, 15) is 97.3 Å². The van der Waals surface area contributed by atoms with Crippen LogP contribution in [0.25, 0.3) is 0 Å². The van der Waals surface area contributed by atoms with E-state index in [1.54, 1.807) is 0 Å². The molecule has 0 aliphatic carbocycles. The monoisotopic (exact) mass is 683 g/mol. The van der Waals surface area contributed by atoms with E-state index in [1.807, 2.05) is 0 Å². The number of halogens is 21. The van der Waals surface area contributed by atoms with Crippen molar-refractivity contribution in [2.75, 3.05) is 6.54 Å². The minimum absolute atomic E-state index is 0.316. The fourth-order valence-electron chi connectivity index (χ4n) is 3.07. The highest BCUT2D eigenvalue weighted by atomic mass is 19.4. The summed E-state index contributed by atoms with van der Waals surface area (Å²) in [4.78, 5) is 0. The number of hydrogen-bond donors (Lipinski definition) is 2. The van der Waals surface area contributed by atoms with Crippen LogP contribution in [-0.2, 0) is 6.54 Å². The Kier molecular flexibility index (Phi) is 10.1. The molecular weight excluding hydrogens is 669 g/mol. The maximum Gasteiger partial charge on any atom is 0.460 e. The van der Waals surface area contributed by atoms with E-state index >= 15 is 0 Å². The number of hydrogen-bond acceptors (Lipinski definition) is 2. The first-order valence-corrected chi connectivity index (χ1v) is 10.6. The van der Waals surface area contributed by atoms with Crippen molar-refractivity contribution < 1.29 is 97.3 Å². The molecule has 0 saturated carbocycles. The van der Waals surface area contributed by atoms with Gasteiger partial charge in [0.15, 0.2) is 0 Å². The van der Waals surface area contributed by atoms with Crippen molar-refractivity contribution in [2.24, 2.45) is 0 Å². The number of aliphatic hydroxyl groups is 1. The standard InChI is InChI=1S/C20H14F21NO/c21-11(22,6-10(43)8-42-7-9-4-2-1-3-5-9)12(23,24)13(25,26)14(27,28)15(29,30)16(31,32)17(33,34)18(35,36)19(37,38)20(39,40)41/h1-5,10,42-43H,6-8H2. The van der Waals surface area contributed by atoms with Crippen molar-refractivity contribution in [1.29, 1.82) is 0 Å². The average Bonchev–Trinajstić information content (AvgIpc) is 2.82. The van der Waals surface area contributed by atoms with Gasteiger partial charge in [-0.05, 0) is 5.56 Å². The summed E-state index contributed by atoms with van der Waals surface area (Å²) in [6.07, 6.45) is -14.0. The molecule has 1 rings (SSSR count). The fraction of sp³-hybridized carbons (Fsp3) is 0.700. The Morgan fingerprint density at radius 1 is 0.488 bits per heavy atom. The van der Waals surface area contributed by atoms with Gasteiger partial charge in [0.25, 0.3) is 0 Å². The lowest BCUT2D eigenvalue weighted by Gasteiger charge is -2.44. The summed E-state index contributed by atoms with van der Waals surface area (Å²) >= 11 is 0. The molecule has 0 saturated heterocycles. The molecule has 0 aliphatic heterocycles. The van der Waals surface area contributed by atoms with Crippen LogP contribution in [0.1, 0.15) is 12.0 Å². The zero-order valence-corrected chi connectivity index (χ0v) is 20.0. The van der Waals surface area contributed by atoms with Crippen LogP contribution in [0.15, 0.2) is 30.3 Å². The molecule has 0 fully saturated rings. The topological polar surface area (TPSA) is 32.3 Å². The zero-order chi connectivity index (χ0) is 34.5. The van der Waals surface area contributed by atoms with Gasteiger partial charge in [0, 0.05) is 19.5 Å². The molecule has 0 bridgehead atoms. The van der Waals surface area contributed by atoms with E-state index in [4.69, 9.17) is 0 Å². The molecule has 252 valence electrons. The van der Waals surface area contributed by atoms with Crippen molar-refractivity contribution in [3.63, 3.8) is 0 Å². The molecule has 1 aromatic carbocycles. The van der Waals surface area contributed by atoms with Crippen LogP contribution >= 0.6 is 0 Å².